The van der Waals surface area contributed by atoms with Crippen LogP contribution in [0.2, 0.25) is 0 Å². The lowest BCUT2D eigenvalue weighted by Gasteiger charge is -2.21. The lowest BCUT2D eigenvalue weighted by Crippen LogP contribution is -2.31. The average molecular weight is 158 g/mol. The molecule has 1 aliphatic carbocycles. The third kappa shape index (κ3) is 1.93. The first-order chi connectivity index (χ1) is 5.08. The minimum absolute atomic E-state index is 0.251. The third-order valence-corrected chi connectivity index (χ3v) is 2.30. The molecule has 0 bridgehead atoms. The zero-order chi connectivity index (χ0) is 8.48. The monoisotopic (exact) mass is 158 g/mol. The Bertz CT molecular complexity index is 163. The van der Waals surface area contributed by atoms with Gasteiger partial charge in [0.15, 0.2) is 0 Å². The maximum absolute atomic E-state index is 10.7. The van der Waals surface area contributed by atoms with Gasteiger partial charge in [-0.25, -0.2) is 0 Å². The van der Waals surface area contributed by atoms with Crippen LogP contribution in [0.4, 0.5) is 0 Å². The van der Waals surface area contributed by atoms with Gasteiger partial charge in [-0.05, 0) is 19.3 Å². The summed E-state index contributed by atoms with van der Waals surface area (Å²) in [4.78, 5) is 10.7. The van der Waals surface area contributed by atoms with Crippen LogP contribution in [0.5, 0.6) is 0 Å². The number of aliphatic carboxylic acids is 1. The molecule has 1 aliphatic rings. The van der Waals surface area contributed by atoms with Gasteiger partial charge in [0.25, 0.3) is 0 Å². The minimum atomic E-state index is -0.902. The quantitative estimate of drug-likeness (QED) is 0.638. The molecule has 3 heteroatoms. The van der Waals surface area contributed by atoms with Gasteiger partial charge in [-0.3, -0.25) is 4.79 Å². The van der Waals surface area contributed by atoms with E-state index >= 15 is 0 Å². The van der Waals surface area contributed by atoms with Crippen LogP contribution in [0, 0.1) is 11.3 Å². The Kier molecular flexibility index (Phi) is 2.18. The second-order valence-corrected chi connectivity index (χ2v) is 3.67. The summed E-state index contributed by atoms with van der Waals surface area (Å²) in [5.74, 6) is -0.338. The first kappa shape index (κ1) is 8.53. The van der Waals surface area contributed by atoms with Crippen LogP contribution >= 0.6 is 0 Å². The van der Waals surface area contributed by atoms with Crippen molar-refractivity contribution in [2.45, 2.75) is 26.2 Å². The van der Waals surface area contributed by atoms with Crippen molar-refractivity contribution >= 4 is 5.97 Å². The Morgan fingerprint density at radius 2 is 2.18 bits per heavy atom. The largest absolute Gasteiger partial charge is 0.481 e. The number of hydrogen-bond acceptors (Lipinski definition) is 2. The second kappa shape index (κ2) is 2.81. The molecule has 0 aliphatic heterocycles. The van der Waals surface area contributed by atoms with Crippen molar-refractivity contribution in [1.82, 2.24) is 0 Å². The van der Waals surface area contributed by atoms with Crippen LogP contribution in [0.25, 0.3) is 0 Å². The number of carboxylic acids is 1. The number of aliphatic hydroxyl groups excluding tert-OH is 1. The molecule has 11 heavy (non-hydrogen) atoms. The Morgan fingerprint density at radius 1 is 1.64 bits per heavy atom. The van der Waals surface area contributed by atoms with E-state index in [4.69, 9.17) is 10.2 Å². The van der Waals surface area contributed by atoms with Gasteiger partial charge in [-0.1, -0.05) is 12.8 Å². The fraction of sp³-hybridized carbons (Fsp3) is 0.875. The summed E-state index contributed by atoms with van der Waals surface area (Å²) in [7, 11) is 0. The summed E-state index contributed by atoms with van der Waals surface area (Å²) in [5.41, 5.74) is -0.902. The molecule has 3 nitrogen and oxygen atoms in total. The number of carboxylic acid groups (broad SMARTS) is 1. The molecule has 0 aromatic rings. The van der Waals surface area contributed by atoms with E-state index in [1.165, 1.54) is 0 Å². The SMILES string of the molecule is CC(CO)(CC1CC1)C(=O)O. The van der Waals surface area contributed by atoms with E-state index in [1.54, 1.807) is 6.92 Å². The Morgan fingerprint density at radius 3 is 2.45 bits per heavy atom. The zero-order valence-corrected chi connectivity index (χ0v) is 6.71. The first-order valence-corrected chi connectivity index (χ1v) is 3.93. The summed E-state index contributed by atoms with van der Waals surface area (Å²) in [5, 5.41) is 17.6. The molecule has 0 amide bonds. The molecule has 0 aromatic heterocycles. The highest BCUT2D eigenvalue weighted by molar-refractivity contribution is 5.74. The summed E-state index contributed by atoms with van der Waals surface area (Å²) < 4.78 is 0. The number of carbonyl (C=O) groups is 1. The first-order valence-electron chi connectivity index (χ1n) is 3.93. The highest BCUT2D eigenvalue weighted by Crippen LogP contribution is 2.40. The van der Waals surface area contributed by atoms with E-state index in [1.807, 2.05) is 0 Å². The van der Waals surface area contributed by atoms with E-state index < -0.39 is 11.4 Å². The number of rotatable bonds is 4. The summed E-state index contributed by atoms with van der Waals surface area (Å²) in [6.07, 6.45) is 2.88. The molecule has 64 valence electrons. The fourth-order valence-corrected chi connectivity index (χ4v) is 1.18. The van der Waals surface area contributed by atoms with E-state index in [9.17, 15) is 4.79 Å². The van der Waals surface area contributed by atoms with Crippen LogP contribution in [-0.2, 0) is 4.79 Å². The fourth-order valence-electron chi connectivity index (χ4n) is 1.18. The van der Waals surface area contributed by atoms with E-state index in [0.29, 0.717) is 12.3 Å². The topological polar surface area (TPSA) is 57.5 Å². The molecule has 0 heterocycles. The summed E-state index contributed by atoms with van der Waals surface area (Å²) in [6.45, 7) is 1.35. The minimum Gasteiger partial charge on any atom is -0.481 e. The Balaban J connectivity index is 2.49. The molecule has 0 saturated heterocycles. The smallest absolute Gasteiger partial charge is 0.311 e. The van der Waals surface area contributed by atoms with E-state index in [-0.39, 0.29) is 6.61 Å². The van der Waals surface area contributed by atoms with Crippen LogP contribution in [0.1, 0.15) is 26.2 Å². The van der Waals surface area contributed by atoms with Gasteiger partial charge >= 0.3 is 5.97 Å². The molecule has 1 fully saturated rings. The van der Waals surface area contributed by atoms with Gasteiger partial charge in [-0.15, -0.1) is 0 Å². The number of hydrogen-bond donors (Lipinski definition) is 2. The van der Waals surface area contributed by atoms with Gasteiger partial charge in [-0.2, -0.15) is 0 Å². The predicted octanol–water partition coefficient (Wildman–Crippen LogP) is 0.870. The van der Waals surface area contributed by atoms with Gasteiger partial charge in [0.2, 0.25) is 0 Å². The lowest BCUT2D eigenvalue weighted by atomic mass is 9.86. The Labute approximate surface area is 66.0 Å². The highest BCUT2D eigenvalue weighted by Gasteiger charge is 2.38. The molecule has 0 aromatic carbocycles. The normalized spacial score (nSPS) is 22.7. The van der Waals surface area contributed by atoms with Crippen molar-refractivity contribution in [2.75, 3.05) is 6.61 Å². The summed E-state index contributed by atoms with van der Waals surface area (Å²) in [6, 6.07) is 0. The van der Waals surface area contributed by atoms with Crippen molar-refractivity contribution in [3.63, 3.8) is 0 Å². The van der Waals surface area contributed by atoms with E-state index in [2.05, 4.69) is 0 Å². The molecule has 1 rings (SSSR count). The average Bonchev–Trinajstić information content (AvgIpc) is 2.71. The van der Waals surface area contributed by atoms with Crippen LogP contribution in [0.15, 0.2) is 0 Å². The van der Waals surface area contributed by atoms with Gasteiger partial charge in [0.05, 0.1) is 12.0 Å². The van der Waals surface area contributed by atoms with Crippen molar-refractivity contribution in [3.8, 4) is 0 Å². The van der Waals surface area contributed by atoms with Crippen molar-refractivity contribution in [2.24, 2.45) is 11.3 Å². The molecular formula is C8H14O3. The molecule has 1 saturated carbocycles. The predicted molar refractivity (Wildman–Crippen MR) is 40.2 cm³/mol. The molecule has 1 atom stereocenters. The maximum Gasteiger partial charge on any atom is 0.311 e. The molecule has 1 unspecified atom stereocenters. The van der Waals surface area contributed by atoms with Crippen LogP contribution in [0.3, 0.4) is 0 Å². The molecule has 0 spiro atoms. The number of aliphatic hydroxyl groups is 1. The molecule has 2 N–H and O–H groups in total. The second-order valence-electron chi connectivity index (χ2n) is 3.67. The van der Waals surface area contributed by atoms with Crippen molar-refractivity contribution in [1.29, 1.82) is 0 Å². The zero-order valence-electron chi connectivity index (χ0n) is 6.71. The van der Waals surface area contributed by atoms with Gasteiger partial charge < -0.3 is 10.2 Å². The van der Waals surface area contributed by atoms with Crippen molar-refractivity contribution in [3.05, 3.63) is 0 Å². The standard InChI is InChI=1S/C8H14O3/c1-8(5-9,7(10)11)4-6-2-3-6/h6,9H,2-5H2,1H3,(H,10,11). The van der Waals surface area contributed by atoms with Gasteiger partial charge in [0, 0.05) is 0 Å². The van der Waals surface area contributed by atoms with Crippen LogP contribution < -0.4 is 0 Å². The Hall–Kier alpha value is -0.570. The lowest BCUT2D eigenvalue weighted by molar-refractivity contribution is -0.151. The molecule has 0 radical (unpaired) electrons. The summed E-state index contributed by atoms with van der Waals surface area (Å²) >= 11 is 0. The van der Waals surface area contributed by atoms with Crippen LogP contribution in [-0.4, -0.2) is 22.8 Å². The maximum atomic E-state index is 10.7. The highest BCUT2D eigenvalue weighted by atomic mass is 16.4. The molecular weight excluding hydrogens is 144 g/mol. The third-order valence-electron chi connectivity index (χ3n) is 2.30. The van der Waals surface area contributed by atoms with Crippen molar-refractivity contribution < 1.29 is 15.0 Å². The van der Waals surface area contributed by atoms with E-state index in [0.717, 1.165) is 12.8 Å². The van der Waals surface area contributed by atoms with Gasteiger partial charge in [0.1, 0.15) is 0 Å².